The highest BCUT2D eigenvalue weighted by molar-refractivity contribution is 5.94. The number of hydrogen-bond donors (Lipinski definition) is 0. The molecule has 1 saturated heterocycles. The van der Waals surface area contributed by atoms with Gasteiger partial charge in [-0.25, -0.2) is 0 Å². The second-order valence-electron chi connectivity index (χ2n) is 8.03. The Hall–Kier alpha value is -3.02. The maximum absolute atomic E-state index is 12.9. The van der Waals surface area contributed by atoms with Gasteiger partial charge in [0.1, 0.15) is 5.75 Å². The molecule has 0 unspecified atom stereocenters. The molecule has 1 aliphatic rings. The number of aryl methyl sites for hydroxylation is 2. The highest BCUT2D eigenvalue weighted by Gasteiger charge is 2.23. The fourth-order valence-electron chi connectivity index (χ4n) is 3.65. The number of anilines is 1. The van der Waals surface area contributed by atoms with E-state index in [0.717, 1.165) is 23.4 Å². The van der Waals surface area contributed by atoms with Crippen LogP contribution in [0.3, 0.4) is 0 Å². The van der Waals surface area contributed by atoms with E-state index < -0.39 is 0 Å². The van der Waals surface area contributed by atoms with Crippen molar-refractivity contribution in [2.45, 2.75) is 20.3 Å². The van der Waals surface area contributed by atoms with E-state index in [-0.39, 0.29) is 18.4 Å². The van der Waals surface area contributed by atoms with Crippen molar-refractivity contribution in [2.24, 2.45) is 0 Å². The molecule has 0 aromatic heterocycles. The number of carbonyl (C=O) groups is 2. The van der Waals surface area contributed by atoms with Crippen LogP contribution in [0.25, 0.3) is 0 Å². The van der Waals surface area contributed by atoms with Gasteiger partial charge in [0.25, 0.3) is 11.8 Å². The molecule has 1 aliphatic heterocycles. The zero-order chi connectivity index (χ0) is 21.7. The lowest BCUT2D eigenvalue weighted by molar-refractivity contribution is -0.133. The monoisotopic (exact) mass is 409 g/mol. The van der Waals surface area contributed by atoms with E-state index in [1.54, 1.807) is 4.90 Å². The summed E-state index contributed by atoms with van der Waals surface area (Å²) in [5, 5.41) is 0. The third-order valence-corrected chi connectivity index (χ3v) is 5.45. The number of ether oxygens (including phenoxy) is 1. The van der Waals surface area contributed by atoms with E-state index in [1.165, 1.54) is 5.56 Å². The molecule has 2 amide bonds. The Morgan fingerprint density at radius 3 is 2.27 bits per heavy atom. The van der Waals surface area contributed by atoms with E-state index in [4.69, 9.17) is 4.74 Å². The first kappa shape index (κ1) is 21.7. The summed E-state index contributed by atoms with van der Waals surface area (Å²) in [5.41, 5.74) is 3.93. The van der Waals surface area contributed by atoms with Crippen molar-refractivity contribution in [1.29, 1.82) is 0 Å². The van der Waals surface area contributed by atoms with Crippen LogP contribution in [0.4, 0.5) is 5.69 Å². The molecule has 160 valence electrons. The van der Waals surface area contributed by atoms with Crippen LogP contribution in [-0.4, -0.2) is 68.5 Å². The predicted molar refractivity (Wildman–Crippen MR) is 119 cm³/mol. The van der Waals surface area contributed by atoms with Crippen molar-refractivity contribution in [3.8, 4) is 5.75 Å². The van der Waals surface area contributed by atoms with E-state index in [2.05, 4.69) is 0 Å². The topological polar surface area (TPSA) is 53.1 Å². The first-order chi connectivity index (χ1) is 14.3. The summed E-state index contributed by atoms with van der Waals surface area (Å²) < 4.78 is 5.75. The molecule has 6 nitrogen and oxygen atoms in total. The van der Waals surface area contributed by atoms with Crippen molar-refractivity contribution in [3.05, 3.63) is 59.2 Å². The highest BCUT2D eigenvalue weighted by atomic mass is 16.5. The van der Waals surface area contributed by atoms with Crippen LogP contribution in [0.1, 0.15) is 27.9 Å². The predicted octanol–water partition coefficient (Wildman–Crippen LogP) is 3.12. The van der Waals surface area contributed by atoms with Crippen molar-refractivity contribution in [2.75, 3.05) is 51.8 Å². The molecule has 0 aliphatic carbocycles. The largest absolute Gasteiger partial charge is 0.484 e. The normalized spacial score (nSPS) is 14.3. The summed E-state index contributed by atoms with van der Waals surface area (Å²) in [6, 6.07) is 13.6. The third kappa shape index (κ3) is 5.32. The fourth-order valence-corrected chi connectivity index (χ4v) is 3.65. The fraction of sp³-hybridized carbons (Fsp3) is 0.417. The Balaban J connectivity index is 1.54. The smallest absolute Gasteiger partial charge is 0.260 e. The summed E-state index contributed by atoms with van der Waals surface area (Å²) in [6.45, 7) is 6.37. The number of hydrogen-bond acceptors (Lipinski definition) is 4. The highest BCUT2D eigenvalue weighted by Crippen LogP contribution is 2.19. The van der Waals surface area contributed by atoms with Gasteiger partial charge >= 0.3 is 0 Å². The lowest BCUT2D eigenvalue weighted by Gasteiger charge is -2.23. The Bertz CT molecular complexity index is 893. The minimum Gasteiger partial charge on any atom is -0.484 e. The zero-order valence-corrected chi connectivity index (χ0v) is 18.4. The maximum atomic E-state index is 12.9. The average Bonchev–Trinajstić information content (AvgIpc) is 2.99. The molecule has 1 heterocycles. The van der Waals surface area contributed by atoms with Gasteiger partial charge < -0.3 is 19.4 Å². The van der Waals surface area contributed by atoms with Gasteiger partial charge in [-0.3, -0.25) is 9.59 Å². The molecule has 0 saturated carbocycles. The summed E-state index contributed by atoms with van der Waals surface area (Å²) >= 11 is 0. The molecule has 0 bridgehead atoms. The van der Waals surface area contributed by atoms with E-state index in [0.29, 0.717) is 31.7 Å². The standard InChI is InChI=1S/C24H31N3O3/c1-18-6-11-22(19(2)16-18)30-17-23(28)26-12-5-13-27(15-14-26)24(29)20-7-9-21(10-8-20)25(3)4/h6-11,16H,5,12-15,17H2,1-4H3. The van der Waals surface area contributed by atoms with E-state index >= 15 is 0 Å². The summed E-state index contributed by atoms with van der Waals surface area (Å²) in [7, 11) is 3.95. The number of rotatable bonds is 5. The van der Waals surface area contributed by atoms with Gasteiger partial charge in [-0.15, -0.1) is 0 Å². The summed E-state index contributed by atoms with van der Waals surface area (Å²) in [5.74, 6) is 0.711. The lowest BCUT2D eigenvalue weighted by atomic mass is 10.1. The van der Waals surface area contributed by atoms with Gasteiger partial charge in [-0.05, 0) is 56.2 Å². The third-order valence-electron chi connectivity index (χ3n) is 5.45. The molecule has 0 spiro atoms. The van der Waals surface area contributed by atoms with Crippen molar-refractivity contribution < 1.29 is 14.3 Å². The first-order valence-electron chi connectivity index (χ1n) is 10.4. The molecule has 1 fully saturated rings. The van der Waals surface area contributed by atoms with Gasteiger partial charge in [-0.2, -0.15) is 0 Å². The minimum absolute atomic E-state index is 0.0149. The van der Waals surface area contributed by atoms with Gasteiger partial charge in [0, 0.05) is 51.5 Å². The molecule has 0 radical (unpaired) electrons. The average molecular weight is 410 g/mol. The van der Waals surface area contributed by atoms with E-state index in [1.807, 2.05) is 80.2 Å². The Kier molecular flexibility index (Phi) is 6.98. The molecule has 2 aromatic carbocycles. The molecule has 30 heavy (non-hydrogen) atoms. The second kappa shape index (κ2) is 9.65. The SMILES string of the molecule is Cc1ccc(OCC(=O)N2CCCN(C(=O)c3ccc(N(C)C)cc3)CC2)c(C)c1. The van der Waals surface area contributed by atoms with Crippen LogP contribution in [0, 0.1) is 13.8 Å². The molecule has 6 heteroatoms. The van der Waals surface area contributed by atoms with Gasteiger partial charge in [-0.1, -0.05) is 17.7 Å². The molecule has 2 aromatic rings. The van der Waals surface area contributed by atoms with Crippen LogP contribution in [-0.2, 0) is 4.79 Å². The van der Waals surface area contributed by atoms with Gasteiger partial charge in [0.05, 0.1) is 0 Å². The molecule has 0 atom stereocenters. The summed E-state index contributed by atoms with van der Waals surface area (Å²) in [6.07, 6.45) is 0.761. The molecule has 0 N–H and O–H groups in total. The Morgan fingerprint density at radius 1 is 0.933 bits per heavy atom. The van der Waals surface area contributed by atoms with Crippen LogP contribution >= 0.6 is 0 Å². The number of amides is 2. The van der Waals surface area contributed by atoms with Crippen molar-refractivity contribution >= 4 is 17.5 Å². The first-order valence-corrected chi connectivity index (χ1v) is 10.4. The van der Waals surface area contributed by atoms with E-state index in [9.17, 15) is 9.59 Å². The second-order valence-corrected chi connectivity index (χ2v) is 8.03. The molecular weight excluding hydrogens is 378 g/mol. The van der Waals surface area contributed by atoms with Crippen molar-refractivity contribution in [3.63, 3.8) is 0 Å². The summed E-state index contributed by atoms with van der Waals surface area (Å²) in [4.78, 5) is 31.2. The van der Waals surface area contributed by atoms with Crippen molar-refractivity contribution in [1.82, 2.24) is 9.80 Å². The van der Waals surface area contributed by atoms with Crippen LogP contribution < -0.4 is 9.64 Å². The van der Waals surface area contributed by atoms with Crippen LogP contribution in [0.2, 0.25) is 0 Å². The van der Waals surface area contributed by atoms with Crippen LogP contribution in [0.5, 0.6) is 5.75 Å². The lowest BCUT2D eigenvalue weighted by Crippen LogP contribution is -2.39. The Morgan fingerprint density at radius 2 is 1.60 bits per heavy atom. The van der Waals surface area contributed by atoms with Gasteiger partial charge in [0.2, 0.25) is 0 Å². The van der Waals surface area contributed by atoms with Gasteiger partial charge in [0.15, 0.2) is 6.61 Å². The number of carbonyl (C=O) groups excluding carboxylic acids is 2. The Labute approximate surface area is 179 Å². The quantitative estimate of drug-likeness (QED) is 0.761. The minimum atomic E-state index is -0.0420. The zero-order valence-electron chi connectivity index (χ0n) is 18.4. The number of benzene rings is 2. The molecular formula is C24H31N3O3. The maximum Gasteiger partial charge on any atom is 0.260 e. The number of nitrogens with zero attached hydrogens (tertiary/aromatic N) is 3. The van der Waals surface area contributed by atoms with Crippen LogP contribution in [0.15, 0.2) is 42.5 Å². The molecule has 3 rings (SSSR count).